The summed E-state index contributed by atoms with van der Waals surface area (Å²) >= 11 is 7.41. The molecule has 3 atom stereocenters. The number of rotatable bonds is 10. The number of aromatic nitrogens is 2. The maximum Gasteiger partial charge on any atom is 0.429 e. The van der Waals surface area contributed by atoms with E-state index in [0.29, 0.717) is 26.4 Å². The fraction of sp³-hybridized carbons (Fsp3) is 0.361. The summed E-state index contributed by atoms with van der Waals surface area (Å²) in [5.41, 5.74) is 2.86. The summed E-state index contributed by atoms with van der Waals surface area (Å²) in [4.78, 5) is 37.9. The molecule has 1 aliphatic heterocycles. The Labute approximate surface area is 296 Å². The Morgan fingerprint density at radius 1 is 1.10 bits per heavy atom. The summed E-state index contributed by atoms with van der Waals surface area (Å²) in [6.07, 6.45) is -2.96. The van der Waals surface area contributed by atoms with E-state index in [0.717, 1.165) is 28.2 Å². The lowest BCUT2D eigenvalue weighted by atomic mass is 9.89. The quantitative estimate of drug-likeness (QED) is 0.163. The molecule has 1 aliphatic rings. The topological polar surface area (TPSA) is 112 Å². The van der Waals surface area contributed by atoms with Gasteiger partial charge in [0.05, 0.1) is 12.1 Å². The molecule has 5 rings (SSSR count). The molecular formula is C36H36ClF3N4O5S. The number of dihydropyridines is 1. The van der Waals surface area contributed by atoms with E-state index in [1.807, 2.05) is 13.0 Å². The molecule has 0 aliphatic carbocycles. The number of hydrogen-bond acceptors (Lipinski definition) is 9. The minimum absolute atomic E-state index is 0.0762. The van der Waals surface area contributed by atoms with E-state index >= 15 is 0 Å². The number of nitrogens with zero attached hydrogens (tertiary/aromatic N) is 3. The van der Waals surface area contributed by atoms with Gasteiger partial charge in [-0.05, 0) is 69.5 Å². The first-order valence-electron chi connectivity index (χ1n) is 15.8. The second-order valence-electron chi connectivity index (χ2n) is 12.6. The van der Waals surface area contributed by atoms with Crippen molar-refractivity contribution < 1.29 is 37.0 Å². The summed E-state index contributed by atoms with van der Waals surface area (Å²) in [6.45, 7) is 9.08. The summed E-state index contributed by atoms with van der Waals surface area (Å²) in [5.74, 6) is -1.22. The number of halogens is 4. The molecule has 0 fully saturated rings. The van der Waals surface area contributed by atoms with Gasteiger partial charge in [0, 0.05) is 46.1 Å². The van der Waals surface area contributed by atoms with E-state index in [9.17, 15) is 22.8 Å². The number of carbonyl (C=O) groups excluding carboxylic acids is 2. The molecular weight excluding hydrogens is 693 g/mol. The number of nitrogens with one attached hydrogen (secondary N) is 1. The normalized spacial score (nSPS) is 16.0. The predicted molar refractivity (Wildman–Crippen MR) is 187 cm³/mol. The minimum Gasteiger partial charge on any atom is -0.464 e. The molecule has 0 bridgehead atoms. The number of hydrogen-bond donors (Lipinski definition) is 1. The Bertz CT molecular complexity index is 1920. The van der Waals surface area contributed by atoms with Crippen molar-refractivity contribution in [1.29, 1.82) is 0 Å². The highest BCUT2D eigenvalue weighted by molar-refractivity contribution is 7.18. The monoisotopic (exact) mass is 728 g/mol. The van der Waals surface area contributed by atoms with Crippen LogP contribution in [-0.4, -0.2) is 58.7 Å². The Morgan fingerprint density at radius 3 is 2.48 bits per heavy atom. The molecule has 0 spiro atoms. The third-order valence-electron chi connectivity index (χ3n) is 7.65. The van der Waals surface area contributed by atoms with Gasteiger partial charge in [0.25, 0.3) is 0 Å². The zero-order valence-electron chi connectivity index (χ0n) is 28.0. The van der Waals surface area contributed by atoms with Crippen LogP contribution >= 0.6 is 22.9 Å². The van der Waals surface area contributed by atoms with E-state index in [4.69, 9.17) is 25.8 Å². The molecule has 50 heavy (non-hydrogen) atoms. The van der Waals surface area contributed by atoms with Crippen LogP contribution in [0.15, 0.2) is 71.3 Å². The number of alkyl carbamates (subject to hydrolysis) is 1. The van der Waals surface area contributed by atoms with Crippen LogP contribution in [0, 0.1) is 0 Å². The smallest absolute Gasteiger partial charge is 0.429 e. The number of amides is 1. The first-order valence-corrected chi connectivity index (χ1v) is 17.1. The lowest BCUT2D eigenvalue weighted by Gasteiger charge is -2.26. The third-order valence-corrected chi connectivity index (χ3v) is 8.84. The summed E-state index contributed by atoms with van der Waals surface area (Å²) < 4.78 is 60.7. The fourth-order valence-electron chi connectivity index (χ4n) is 5.40. The van der Waals surface area contributed by atoms with Crippen LogP contribution < -0.4 is 10.1 Å². The van der Waals surface area contributed by atoms with Crippen molar-refractivity contribution in [2.45, 2.75) is 70.9 Å². The molecule has 1 amide bonds. The van der Waals surface area contributed by atoms with Crippen molar-refractivity contribution in [3.63, 3.8) is 0 Å². The summed E-state index contributed by atoms with van der Waals surface area (Å²) in [6, 6.07) is 10.5. The van der Waals surface area contributed by atoms with Crippen molar-refractivity contribution in [3.8, 4) is 17.0 Å². The van der Waals surface area contributed by atoms with Crippen LogP contribution in [0.1, 0.15) is 63.3 Å². The Kier molecular flexibility index (Phi) is 11.2. The van der Waals surface area contributed by atoms with Crippen LogP contribution in [0.25, 0.3) is 21.3 Å². The largest absolute Gasteiger partial charge is 0.464 e. The first-order chi connectivity index (χ1) is 23.6. The van der Waals surface area contributed by atoms with Crippen molar-refractivity contribution in [2.24, 2.45) is 4.99 Å². The second-order valence-corrected chi connectivity index (χ2v) is 13.9. The highest BCUT2D eigenvalue weighted by Crippen LogP contribution is 2.44. The number of allylic oxidation sites excluding steroid dienone is 1. The van der Waals surface area contributed by atoms with Gasteiger partial charge in [-0.3, -0.25) is 4.99 Å². The molecule has 264 valence electrons. The lowest BCUT2D eigenvalue weighted by molar-refractivity contribution is -0.198. The molecule has 0 radical (unpaired) electrons. The zero-order valence-corrected chi connectivity index (χ0v) is 29.6. The van der Waals surface area contributed by atoms with Crippen LogP contribution in [0.2, 0.25) is 5.02 Å². The third kappa shape index (κ3) is 8.99. The maximum absolute atomic E-state index is 14.7. The van der Waals surface area contributed by atoms with Crippen LogP contribution in [-0.2, 0) is 20.7 Å². The van der Waals surface area contributed by atoms with Gasteiger partial charge in [0.15, 0.2) is 0 Å². The fourth-order valence-corrected chi connectivity index (χ4v) is 6.54. The van der Waals surface area contributed by atoms with E-state index in [1.54, 1.807) is 63.4 Å². The summed E-state index contributed by atoms with van der Waals surface area (Å²) in [5, 5.41) is 4.66. The molecule has 3 heterocycles. The van der Waals surface area contributed by atoms with Gasteiger partial charge in [-0.1, -0.05) is 48.0 Å². The number of fused-ring (bicyclic) bond motifs is 1. The van der Waals surface area contributed by atoms with Crippen LogP contribution in [0.4, 0.5) is 18.0 Å². The van der Waals surface area contributed by atoms with Gasteiger partial charge < -0.3 is 19.5 Å². The molecule has 14 heteroatoms. The van der Waals surface area contributed by atoms with Crippen molar-refractivity contribution in [3.05, 3.63) is 88.0 Å². The van der Waals surface area contributed by atoms with E-state index in [1.165, 1.54) is 24.5 Å². The van der Waals surface area contributed by atoms with E-state index < -0.39 is 41.9 Å². The SMILES string of the molecule is CCOC(=O)[C@H](Cc1ccc(-c2csc3c(O[C@H](c4ccc(Cl)cc4C4C=CC(C)=NC4)C(F)(F)F)ncnc23)cc1)NC(=O)OC(C)(C)C. The number of esters is 1. The van der Waals surface area contributed by atoms with Crippen molar-refractivity contribution in [1.82, 2.24) is 15.3 Å². The lowest BCUT2D eigenvalue weighted by Crippen LogP contribution is -2.45. The van der Waals surface area contributed by atoms with E-state index in [-0.39, 0.29) is 31.0 Å². The molecule has 4 aromatic rings. The van der Waals surface area contributed by atoms with Gasteiger partial charge in [-0.2, -0.15) is 13.2 Å². The molecule has 0 saturated heterocycles. The van der Waals surface area contributed by atoms with Crippen molar-refractivity contribution >= 4 is 50.9 Å². The van der Waals surface area contributed by atoms with Gasteiger partial charge in [-0.25, -0.2) is 19.6 Å². The number of ether oxygens (including phenoxy) is 3. The highest BCUT2D eigenvalue weighted by atomic mass is 35.5. The minimum atomic E-state index is -4.78. The number of carbonyl (C=O) groups is 2. The van der Waals surface area contributed by atoms with Gasteiger partial charge >= 0.3 is 18.2 Å². The van der Waals surface area contributed by atoms with Gasteiger partial charge in [0.2, 0.25) is 12.0 Å². The highest BCUT2D eigenvalue weighted by Gasteiger charge is 2.45. The molecule has 1 unspecified atom stereocenters. The van der Waals surface area contributed by atoms with Gasteiger partial charge in [-0.15, -0.1) is 11.3 Å². The standard InChI is InChI=1S/C36H36ClF3N4O5S/c1-6-47-33(45)28(44-34(46)49-35(3,4)5)15-21-8-11-22(12-9-21)27-18-50-30-29(27)42-19-43-32(30)48-31(36(38,39)40)25-14-13-24(37)16-26(25)23-10-7-20(2)41-17-23/h7-14,16,18-19,23,28,31H,6,15,17H2,1-5H3,(H,44,46)/t23?,28-,31+/m0/s1. The number of benzene rings is 2. The molecule has 2 aromatic heterocycles. The zero-order chi connectivity index (χ0) is 36.2. The average Bonchev–Trinajstić information content (AvgIpc) is 3.48. The maximum atomic E-state index is 14.7. The number of aliphatic imine (C=N–C) groups is 1. The predicted octanol–water partition coefficient (Wildman–Crippen LogP) is 8.81. The Balaban J connectivity index is 1.41. The van der Waals surface area contributed by atoms with Gasteiger partial charge in [0.1, 0.15) is 22.7 Å². The van der Waals surface area contributed by atoms with Crippen molar-refractivity contribution in [2.75, 3.05) is 13.2 Å². The molecule has 2 aromatic carbocycles. The second kappa shape index (κ2) is 15.2. The Hall–Kier alpha value is -4.49. The van der Waals surface area contributed by atoms with E-state index in [2.05, 4.69) is 20.3 Å². The average molecular weight is 729 g/mol. The first kappa shape index (κ1) is 36.8. The summed E-state index contributed by atoms with van der Waals surface area (Å²) in [7, 11) is 0. The van der Waals surface area contributed by atoms with Crippen LogP contribution in [0.5, 0.6) is 5.88 Å². The number of thiophene rings is 1. The Morgan fingerprint density at radius 2 is 1.84 bits per heavy atom. The molecule has 1 N–H and O–H groups in total. The van der Waals surface area contributed by atoms with Crippen LogP contribution in [0.3, 0.4) is 0 Å². The number of alkyl halides is 3. The molecule has 0 saturated carbocycles. The molecule has 9 nitrogen and oxygen atoms in total.